The minimum absolute atomic E-state index is 0.141. The van der Waals surface area contributed by atoms with Gasteiger partial charge in [0.1, 0.15) is 0 Å². The van der Waals surface area contributed by atoms with Gasteiger partial charge >= 0.3 is 5.97 Å². The van der Waals surface area contributed by atoms with Gasteiger partial charge in [-0.1, -0.05) is 0 Å². The number of amides is 1. The van der Waals surface area contributed by atoms with Crippen molar-refractivity contribution in [1.29, 1.82) is 0 Å². The van der Waals surface area contributed by atoms with E-state index in [0.717, 1.165) is 24.2 Å². The number of aromatic amines is 1. The van der Waals surface area contributed by atoms with Crippen molar-refractivity contribution in [2.75, 3.05) is 26.7 Å². The maximum absolute atomic E-state index is 12.5. The molecule has 2 rings (SSSR count). The Bertz CT molecular complexity index is 498. The predicted molar refractivity (Wildman–Crippen MR) is 72.2 cm³/mol. The molecular weight excluding hydrogens is 260 g/mol. The molecular formula is C13H20N4O3. The summed E-state index contributed by atoms with van der Waals surface area (Å²) in [6.07, 6.45) is 1.05. The van der Waals surface area contributed by atoms with Crippen molar-refractivity contribution in [3.63, 3.8) is 0 Å². The third-order valence-electron chi connectivity index (χ3n) is 3.49. The number of rotatable bonds is 5. The maximum atomic E-state index is 12.5. The van der Waals surface area contributed by atoms with Crippen LogP contribution in [-0.4, -0.2) is 53.7 Å². The van der Waals surface area contributed by atoms with Gasteiger partial charge in [-0.25, -0.2) is 0 Å². The molecule has 0 spiro atoms. The summed E-state index contributed by atoms with van der Waals surface area (Å²) in [7, 11) is 1.34. The zero-order chi connectivity index (χ0) is 14.5. The average molecular weight is 280 g/mol. The highest BCUT2D eigenvalue weighted by Crippen LogP contribution is 2.17. The van der Waals surface area contributed by atoms with E-state index in [-0.39, 0.29) is 18.3 Å². The third-order valence-corrected chi connectivity index (χ3v) is 3.49. The molecule has 110 valence electrons. The Labute approximate surface area is 117 Å². The molecule has 0 saturated heterocycles. The molecule has 1 aliphatic rings. The molecule has 0 atom stereocenters. The highest BCUT2D eigenvalue weighted by Gasteiger charge is 2.25. The number of carbonyl (C=O) groups excluding carboxylic acids is 2. The van der Waals surface area contributed by atoms with E-state index in [2.05, 4.69) is 20.3 Å². The number of aromatic nitrogens is 2. The van der Waals surface area contributed by atoms with Crippen molar-refractivity contribution in [2.24, 2.45) is 0 Å². The Kier molecular flexibility index (Phi) is 4.73. The number of nitrogens with one attached hydrogen (secondary N) is 2. The van der Waals surface area contributed by atoms with Crippen LogP contribution in [0.3, 0.4) is 0 Å². The molecule has 1 aromatic heterocycles. The Morgan fingerprint density at radius 3 is 2.95 bits per heavy atom. The second-order valence-electron chi connectivity index (χ2n) is 4.67. The lowest BCUT2D eigenvalue weighted by molar-refractivity contribution is -0.140. The summed E-state index contributed by atoms with van der Waals surface area (Å²) in [4.78, 5) is 25.3. The van der Waals surface area contributed by atoms with Crippen molar-refractivity contribution in [1.82, 2.24) is 20.4 Å². The first-order valence-electron chi connectivity index (χ1n) is 6.80. The minimum Gasteiger partial charge on any atom is -0.469 e. The van der Waals surface area contributed by atoms with Crippen LogP contribution < -0.4 is 5.32 Å². The highest BCUT2D eigenvalue weighted by molar-refractivity contribution is 5.94. The second-order valence-corrected chi connectivity index (χ2v) is 4.67. The van der Waals surface area contributed by atoms with E-state index in [0.29, 0.717) is 25.3 Å². The quantitative estimate of drug-likeness (QED) is 0.746. The van der Waals surface area contributed by atoms with Crippen LogP contribution in [0, 0.1) is 0 Å². The molecule has 1 amide bonds. The summed E-state index contributed by atoms with van der Waals surface area (Å²) >= 11 is 0. The largest absolute Gasteiger partial charge is 0.469 e. The summed E-state index contributed by atoms with van der Waals surface area (Å²) in [6, 6.07) is 0. The summed E-state index contributed by atoms with van der Waals surface area (Å²) in [6.45, 7) is 4.30. The normalized spacial score (nSPS) is 13.7. The van der Waals surface area contributed by atoms with Gasteiger partial charge in [0.25, 0.3) is 5.91 Å². The van der Waals surface area contributed by atoms with Gasteiger partial charge in [-0.3, -0.25) is 14.7 Å². The number of carbonyl (C=O) groups is 2. The Hall–Kier alpha value is -1.89. The number of hydrogen-bond donors (Lipinski definition) is 2. The molecule has 0 bridgehead atoms. The number of ether oxygens (including phenoxy) is 1. The van der Waals surface area contributed by atoms with E-state index in [1.807, 2.05) is 6.92 Å². The Morgan fingerprint density at radius 2 is 2.25 bits per heavy atom. The van der Waals surface area contributed by atoms with Crippen molar-refractivity contribution >= 4 is 11.9 Å². The maximum Gasteiger partial charge on any atom is 0.307 e. The molecule has 2 heterocycles. The number of hydrogen-bond acceptors (Lipinski definition) is 5. The standard InChI is InChI=1S/C13H20N4O3/c1-3-17(7-5-11(18)20-2)13(19)12-9-8-14-6-4-10(9)15-16-12/h14H,3-8H2,1-2H3,(H,15,16). The highest BCUT2D eigenvalue weighted by atomic mass is 16.5. The van der Waals surface area contributed by atoms with Crippen molar-refractivity contribution in [2.45, 2.75) is 26.3 Å². The molecule has 0 saturated carbocycles. The predicted octanol–water partition coefficient (Wildman–Crippen LogP) is 0.0806. The minimum atomic E-state index is -0.318. The van der Waals surface area contributed by atoms with E-state index < -0.39 is 0 Å². The molecule has 1 aliphatic heterocycles. The molecule has 0 aromatic carbocycles. The van der Waals surface area contributed by atoms with Crippen LogP contribution >= 0.6 is 0 Å². The first-order chi connectivity index (χ1) is 9.67. The van der Waals surface area contributed by atoms with Crippen LogP contribution in [0.1, 0.15) is 35.1 Å². The molecule has 0 fully saturated rings. The Morgan fingerprint density at radius 1 is 1.45 bits per heavy atom. The van der Waals surface area contributed by atoms with Crippen molar-refractivity contribution < 1.29 is 14.3 Å². The molecule has 20 heavy (non-hydrogen) atoms. The van der Waals surface area contributed by atoms with Gasteiger partial charge in [0.15, 0.2) is 5.69 Å². The fourth-order valence-electron chi connectivity index (χ4n) is 2.28. The van der Waals surface area contributed by atoms with E-state index >= 15 is 0 Å². The SMILES string of the molecule is CCN(CCC(=O)OC)C(=O)c1n[nH]c2c1CNCC2. The van der Waals surface area contributed by atoms with Gasteiger partial charge in [0, 0.05) is 43.9 Å². The van der Waals surface area contributed by atoms with Crippen molar-refractivity contribution in [3.05, 3.63) is 17.0 Å². The van der Waals surface area contributed by atoms with E-state index in [9.17, 15) is 9.59 Å². The first kappa shape index (κ1) is 14.5. The lowest BCUT2D eigenvalue weighted by atomic mass is 10.1. The molecule has 0 unspecified atom stereocenters. The smallest absolute Gasteiger partial charge is 0.307 e. The second kappa shape index (κ2) is 6.51. The van der Waals surface area contributed by atoms with Crippen LogP contribution in [-0.2, 0) is 22.5 Å². The lowest BCUT2D eigenvalue weighted by Gasteiger charge is -2.20. The number of H-pyrrole nitrogens is 1. The molecule has 7 heteroatoms. The van der Waals surface area contributed by atoms with Crippen LogP contribution in [0.25, 0.3) is 0 Å². The number of methoxy groups -OCH3 is 1. The molecule has 0 radical (unpaired) electrons. The summed E-state index contributed by atoms with van der Waals surface area (Å²) in [5, 5.41) is 10.3. The summed E-state index contributed by atoms with van der Waals surface area (Å²) in [5.41, 5.74) is 2.42. The number of nitrogens with zero attached hydrogens (tertiary/aromatic N) is 2. The molecule has 0 aliphatic carbocycles. The fourth-order valence-corrected chi connectivity index (χ4v) is 2.28. The van der Waals surface area contributed by atoms with E-state index in [4.69, 9.17) is 0 Å². The summed E-state index contributed by atoms with van der Waals surface area (Å²) in [5.74, 6) is -0.459. The van der Waals surface area contributed by atoms with Gasteiger partial charge < -0.3 is 15.0 Å². The topological polar surface area (TPSA) is 87.3 Å². The van der Waals surface area contributed by atoms with Gasteiger partial charge in [-0.05, 0) is 6.92 Å². The van der Waals surface area contributed by atoms with Crippen LogP contribution in [0.5, 0.6) is 0 Å². The summed E-state index contributed by atoms with van der Waals surface area (Å²) < 4.78 is 4.60. The first-order valence-corrected chi connectivity index (χ1v) is 6.80. The zero-order valence-corrected chi connectivity index (χ0v) is 11.9. The number of fused-ring (bicyclic) bond motifs is 1. The average Bonchev–Trinajstić information content (AvgIpc) is 2.91. The van der Waals surface area contributed by atoms with Gasteiger partial charge in [0.2, 0.25) is 0 Å². The van der Waals surface area contributed by atoms with Crippen LogP contribution in [0.4, 0.5) is 0 Å². The van der Waals surface area contributed by atoms with Crippen LogP contribution in [0.15, 0.2) is 0 Å². The van der Waals surface area contributed by atoms with Gasteiger partial charge in [0.05, 0.1) is 13.5 Å². The number of esters is 1. The molecule has 2 N–H and O–H groups in total. The monoisotopic (exact) mass is 280 g/mol. The van der Waals surface area contributed by atoms with E-state index in [1.54, 1.807) is 4.90 Å². The van der Waals surface area contributed by atoms with Gasteiger partial charge in [-0.2, -0.15) is 5.10 Å². The van der Waals surface area contributed by atoms with Crippen molar-refractivity contribution in [3.8, 4) is 0 Å². The van der Waals surface area contributed by atoms with Gasteiger partial charge in [-0.15, -0.1) is 0 Å². The van der Waals surface area contributed by atoms with E-state index in [1.165, 1.54) is 7.11 Å². The fraction of sp³-hybridized carbons (Fsp3) is 0.615. The Balaban J connectivity index is 2.08. The zero-order valence-electron chi connectivity index (χ0n) is 11.9. The van der Waals surface area contributed by atoms with Crippen LogP contribution in [0.2, 0.25) is 0 Å². The third kappa shape index (κ3) is 2.98. The lowest BCUT2D eigenvalue weighted by Crippen LogP contribution is -2.34. The molecule has 1 aromatic rings. The molecule has 7 nitrogen and oxygen atoms in total.